The van der Waals surface area contributed by atoms with Crippen LogP contribution in [0.25, 0.3) is 0 Å². The summed E-state index contributed by atoms with van der Waals surface area (Å²) in [5, 5.41) is 6.45. The number of nitrogens with zero attached hydrogens (tertiary/aromatic N) is 1. The van der Waals surface area contributed by atoms with Crippen molar-refractivity contribution in [2.24, 2.45) is 0 Å². The van der Waals surface area contributed by atoms with Crippen molar-refractivity contribution in [1.29, 1.82) is 0 Å². The van der Waals surface area contributed by atoms with E-state index in [9.17, 15) is 8.42 Å². The lowest BCUT2D eigenvalue weighted by Crippen LogP contribution is -2.31. The number of halogens is 1. The van der Waals surface area contributed by atoms with Crippen LogP contribution in [0.15, 0.2) is 4.90 Å². The zero-order chi connectivity index (χ0) is 11.6. The van der Waals surface area contributed by atoms with Crippen molar-refractivity contribution in [3.05, 3.63) is 11.4 Å². The third kappa shape index (κ3) is 2.70. The van der Waals surface area contributed by atoms with Crippen molar-refractivity contribution < 1.29 is 8.42 Å². The number of aromatic amines is 1. The lowest BCUT2D eigenvalue weighted by molar-refractivity contribution is 0.568. The summed E-state index contributed by atoms with van der Waals surface area (Å²) in [6.07, 6.45) is 0. The highest BCUT2D eigenvalue weighted by Gasteiger charge is 2.24. The first kappa shape index (κ1) is 12.5. The molecular formula is C8H14ClN3O2S. The van der Waals surface area contributed by atoms with Gasteiger partial charge in [0.25, 0.3) is 0 Å². The number of hydrogen-bond donors (Lipinski definition) is 2. The van der Waals surface area contributed by atoms with Gasteiger partial charge in [-0.1, -0.05) is 0 Å². The second kappa shape index (κ2) is 4.51. The predicted octanol–water partition coefficient (Wildman–Crippen LogP) is 1.14. The maximum Gasteiger partial charge on any atom is 0.244 e. The van der Waals surface area contributed by atoms with E-state index in [0.29, 0.717) is 11.4 Å². The van der Waals surface area contributed by atoms with E-state index in [4.69, 9.17) is 11.6 Å². The van der Waals surface area contributed by atoms with Crippen LogP contribution < -0.4 is 4.72 Å². The van der Waals surface area contributed by atoms with Gasteiger partial charge in [0.1, 0.15) is 4.90 Å². The molecule has 7 heteroatoms. The molecule has 0 saturated carbocycles. The molecule has 0 unspecified atom stereocenters. The summed E-state index contributed by atoms with van der Waals surface area (Å²) >= 11 is 5.61. The number of H-pyrrole nitrogens is 1. The number of nitrogens with one attached hydrogen (secondary N) is 2. The Labute approximate surface area is 94.3 Å². The van der Waals surface area contributed by atoms with Crippen molar-refractivity contribution in [2.45, 2.75) is 37.6 Å². The Bertz CT molecular complexity index is 439. The summed E-state index contributed by atoms with van der Waals surface area (Å²) in [4.78, 5) is 0.159. The van der Waals surface area contributed by atoms with Gasteiger partial charge in [-0.15, -0.1) is 11.6 Å². The van der Waals surface area contributed by atoms with Crippen LogP contribution in [0.3, 0.4) is 0 Å². The Morgan fingerprint density at radius 3 is 2.60 bits per heavy atom. The van der Waals surface area contributed by atoms with Crippen LogP contribution in [0.5, 0.6) is 0 Å². The predicted molar refractivity (Wildman–Crippen MR) is 58.3 cm³/mol. The lowest BCUT2D eigenvalue weighted by Gasteiger charge is -2.09. The van der Waals surface area contributed by atoms with E-state index in [1.54, 1.807) is 20.8 Å². The molecule has 0 aliphatic rings. The SMILES string of the molecule is Cc1[nH]nc(CCl)c1S(=O)(=O)NC(C)C. The Balaban J connectivity index is 3.20. The van der Waals surface area contributed by atoms with Crippen LogP contribution in [0, 0.1) is 6.92 Å². The van der Waals surface area contributed by atoms with Gasteiger partial charge in [-0.3, -0.25) is 5.10 Å². The molecule has 15 heavy (non-hydrogen) atoms. The summed E-state index contributed by atoms with van der Waals surface area (Å²) in [7, 11) is -3.52. The summed E-state index contributed by atoms with van der Waals surface area (Å²) < 4.78 is 26.2. The molecule has 2 N–H and O–H groups in total. The van der Waals surface area contributed by atoms with Crippen LogP contribution in [-0.4, -0.2) is 24.7 Å². The topological polar surface area (TPSA) is 74.8 Å². The second-order valence-electron chi connectivity index (χ2n) is 3.53. The molecule has 0 spiro atoms. The van der Waals surface area contributed by atoms with Crippen molar-refractivity contribution in [3.63, 3.8) is 0 Å². The Morgan fingerprint density at radius 1 is 1.53 bits per heavy atom. The minimum Gasteiger partial charge on any atom is -0.281 e. The second-order valence-corrected chi connectivity index (χ2v) is 5.45. The van der Waals surface area contributed by atoms with E-state index in [-0.39, 0.29) is 16.8 Å². The molecule has 0 aliphatic carbocycles. The number of aryl methyl sites for hydroxylation is 1. The molecule has 1 aromatic rings. The molecule has 0 aromatic carbocycles. The van der Waals surface area contributed by atoms with E-state index < -0.39 is 10.0 Å². The Hall–Kier alpha value is -0.590. The molecule has 5 nitrogen and oxygen atoms in total. The summed E-state index contributed by atoms with van der Waals surface area (Å²) in [6, 6.07) is -0.160. The third-order valence-electron chi connectivity index (χ3n) is 1.75. The van der Waals surface area contributed by atoms with Crippen LogP contribution >= 0.6 is 11.6 Å². The number of rotatable bonds is 4. The van der Waals surface area contributed by atoms with Crippen molar-refractivity contribution >= 4 is 21.6 Å². The van der Waals surface area contributed by atoms with Gasteiger partial charge in [-0.05, 0) is 20.8 Å². The normalized spacial score (nSPS) is 12.3. The number of sulfonamides is 1. The smallest absolute Gasteiger partial charge is 0.244 e. The first-order chi connectivity index (χ1) is 6.88. The van der Waals surface area contributed by atoms with Crippen LogP contribution in [0.2, 0.25) is 0 Å². The zero-order valence-electron chi connectivity index (χ0n) is 8.83. The van der Waals surface area contributed by atoms with Gasteiger partial charge < -0.3 is 0 Å². The van der Waals surface area contributed by atoms with Gasteiger partial charge in [0, 0.05) is 6.04 Å². The first-order valence-corrected chi connectivity index (χ1v) is 6.52. The van der Waals surface area contributed by atoms with Gasteiger partial charge in [0.05, 0.1) is 17.3 Å². The fourth-order valence-corrected chi connectivity index (χ4v) is 3.17. The Morgan fingerprint density at radius 2 is 2.13 bits per heavy atom. The van der Waals surface area contributed by atoms with Crippen LogP contribution in [0.1, 0.15) is 25.2 Å². The van der Waals surface area contributed by atoms with Crippen molar-refractivity contribution in [2.75, 3.05) is 0 Å². The molecule has 1 aromatic heterocycles. The lowest BCUT2D eigenvalue weighted by atomic mass is 10.4. The monoisotopic (exact) mass is 251 g/mol. The average Bonchev–Trinajstić information content (AvgIpc) is 2.44. The molecule has 0 saturated heterocycles. The van der Waals surface area contributed by atoms with E-state index in [0.717, 1.165) is 0 Å². The van der Waals surface area contributed by atoms with E-state index in [1.807, 2.05) is 0 Å². The van der Waals surface area contributed by atoms with Crippen molar-refractivity contribution in [1.82, 2.24) is 14.9 Å². The molecule has 86 valence electrons. The first-order valence-electron chi connectivity index (χ1n) is 4.50. The molecule has 1 rings (SSSR count). The maximum absolute atomic E-state index is 11.9. The molecule has 0 aliphatic heterocycles. The Kier molecular flexibility index (Phi) is 3.75. The molecule has 0 fully saturated rings. The quantitative estimate of drug-likeness (QED) is 0.788. The largest absolute Gasteiger partial charge is 0.281 e. The molecule has 0 atom stereocenters. The van der Waals surface area contributed by atoms with E-state index in [2.05, 4.69) is 14.9 Å². The summed E-state index contributed by atoms with van der Waals surface area (Å²) in [6.45, 7) is 5.17. The van der Waals surface area contributed by atoms with E-state index >= 15 is 0 Å². The number of aromatic nitrogens is 2. The van der Waals surface area contributed by atoms with Gasteiger partial charge >= 0.3 is 0 Å². The summed E-state index contributed by atoms with van der Waals surface area (Å²) in [5.41, 5.74) is 0.848. The molecule has 1 heterocycles. The number of alkyl halides is 1. The molecule has 0 amide bonds. The number of hydrogen-bond acceptors (Lipinski definition) is 3. The van der Waals surface area contributed by atoms with Gasteiger partial charge in [0.2, 0.25) is 10.0 Å². The van der Waals surface area contributed by atoms with Gasteiger partial charge in [-0.2, -0.15) is 5.10 Å². The fraction of sp³-hybridized carbons (Fsp3) is 0.625. The third-order valence-corrected chi connectivity index (χ3v) is 3.86. The minimum absolute atomic E-state index is 0.0681. The maximum atomic E-state index is 11.9. The van der Waals surface area contributed by atoms with Gasteiger partial charge in [0.15, 0.2) is 0 Å². The highest BCUT2D eigenvalue weighted by molar-refractivity contribution is 7.89. The highest BCUT2D eigenvalue weighted by atomic mass is 35.5. The summed E-state index contributed by atoms with van der Waals surface area (Å²) in [5.74, 6) is 0.0681. The van der Waals surface area contributed by atoms with E-state index in [1.165, 1.54) is 0 Å². The fourth-order valence-electron chi connectivity index (χ4n) is 1.29. The molecule has 0 bridgehead atoms. The van der Waals surface area contributed by atoms with Crippen LogP contribution in [-0.2, 0) is 15.9 Å². The highest BCUT2D eigenvalue weighted by Crippen LogP contribution is 2.19. The van der Waals surface area contributed by atoms with Crippen molar-refractivity contribution in [3.8, 4) is 0 Å². The zero-order valence-corrected chi connectivity index (χ0v) is 10.4. The minimum atomic E-state index is -3.52. The van der Waals surface area contributed by atoms with Gasteiger partial charge in [-0.25, -0.2) is 13.1 Å². The standard InChI is InChI=1S/C8H14ClN3O2S/c1-5(2)12-15(13,14)8-6(3)10-11-7(8)4-9/h5,12H,4H2,1-3H3,(H,10,11). The van der Waals surface area contributed by atoms with Crippen LogP contribution in [0.4, 0.5) is 0 Å². The average molecular weight is 252 g/mol. The molecule has 0 radical (unpaired) electrons. The molecular weight excluding hydrogens is 238 g/mol.